The van der Waals surface area contributed by atoms with Crippen LogP contribution in [0.25, 0.3) is 0 Å². The number of hydrogen-bond acceptors (Lipinski definition) is 3. The minimum Gasteiger partial charge on any atom is -0.298 e. The minimum absolute atomic E-state index is 0.511. The lowest BCUT2D eigenvalue weighted by atomic mass is 10.1. The maximum absolute atomic E-state index is 8.99. The van der Waals surface area contributed by atoms with Gasteiger partial charge < -0.3 is 0 Å². The Kier molecular flexibility index (Phi) is 4.06. The molecule has 2 aromatic rings. The van der Waals surface area contributed by atoms with Crippen LogP contribution in [0.4, 0.5) is 0 Å². The number of benzene rings is 1. The highest BCUT2D eigenvalue weighted by Gasteiger charge is 2.06. The van der Waals surface area contributed by atoms with Crippen molar-refractivity contribution < 1.29 is 0 Å². The molecule has 0 atom stereocenters. The Bertz CT molecular complexity index is 543. The number of nitrogens with zero attached hydrogens (tertiary/aromatic N) is 3. The van der Waals surface area contributed by atoms with E-state index in [1.165, 1.54) is 5.56 Å². The first-order valence-electron chi connectivity index (χ1n) is 5.86. The molecule has 0 amide bonds. The van der Waals surface area contributed by atoms with Gasteiger partial charge in [0.15, 0.2) is 0 Å². The third-order valence-corrected chi connectivity index (χ3v) is 2.73. The first kappa shape index (κ1) is 12.3. The molecule has 0 aliphatic heterocycles. The molecule has 0 saturated carbocycles. The predicted octanol–water partition coefficient (Wildman–Crippen LogP) is 2.59. The molecule has 18 heavy (non-hydrogen) atoms. The fourth-order valence-electron chi connectivity index (χ4n) is 1.91. The second-order valence-corrected chi connectivity index (χ2v) is 4.28. The maximum Gasteiger partial charge on any atom is 0.144 e. The number of pyridine rings is 1. The van der Waals surface area contributed by atoms with Crippen molar-refractivity contribution in [2.45, 2.75) is 13.1 Å². The van der Waals surface area contributed by atoms with Gasteiger partial charge in [0.1, 0.15) is 11.8 Å². The summed E-state index contributed by atoms with van der Waals surface area (Å²) in [6.45, 7) is 1.59. The molecule has 3 heteroatoms. The van der Waals surface area contributed by atoms with Gasteiger partial charge in [-0.3, -0.25) is 4.90 Å². The zero-order chi connectivity index (χ0) is 12.8. The molecule has 0 radical (unpaired) electrons. The molecule has 90 valence electrons. The monoisotopic (exact) mass is 237 g/mol. The standard InChI is InChI=1S/C15H15N3/c1-18(11-13-6-3-2-4-7-13)12-14-8-5-9-17-15(14)10-16/h2-9H,11-12H2,1H3. The number of nitriles is 1. The highest BCUT2D eigenvalue weighted by molar-refractivity contribution is 5.30. The van der Waals surface area contributed by atoms with Crippen LogP contribution in [0.3, 0.4) is 0 Å². The Morgan fingerprint density at radius 3 is 2.61 bits per heavy atom. The number of rotatable bonds is 4. The van der Waals surface area contributed by atoms with E-state index in [9.17, 15) is 0 Å². The second kappa shape index (κ2) is 5.95. The Hall–Kier alpha value is -2.18. The van der Waals surface area contributed by atoms with E-state index in [0.29, 0.717) is 5.69 Å². The first-order valence-corrected chi connectivity index (χ1v) is 5.86. The van der Waals surface area contributed by atoms with Crippen molar-refractivity contribution in [3.05, 3.63) is 65.5 Å². The van der Waals surface area contributed by atoms with E-state index in [0.717, 1.165) is 18.7 Å². The molecule has 2 rings (SSSR count). The van der Waals surface area contributed by atoms with E-state index in [1.807, 2.05) is 37.4 Å². The van der Waals surface area contributed by atoms with Crippen LogP contribution in [0.1, 0.15) is 16.8 Å². The fraction of sp³-hybridized carbons (Fsp3) is 0.200. The van der Waals surface area contributed by atoms with Crippen molar-refractivity contribution in [3.8, 4) is 6.07 Å². The molecule has 1 aromatic heterocycles. The fourth-order valence-corrected chi connectivity index (χ4v) is 1.91. The van der Waals surface area contributed by atoms with E-state index in [4.69, 9.17) is 5.26 Å². The molecule has 0 aliphatic rings. The molecule has 0 fully saturated rings. The Balaban J connectivity index is 2.04. The molecule has 0 saturated heterocycles. The molecule has 0 aliphatic carbocycles. The van der Waals surface area contributed by atoms with Crippen molar-refractivity contribution in [1.29, 1.82) is 5.26 Å². The van der Waals surface area contributed by atoms with Gasteiger partial charge in [-0.25, -0.2) is 4.98 Å². The lowest BCUT2D eigenvalue weighted by Crippen LogP contribution is -2.18. The van der Waals surface area contributed by atoms with Crippen molar-refractivity contribution in [3.63, 3.8) is 0 Å². The average molecular weight is 237 g/mol. The normalized spacial score (nSPS) is 10.3. The van der Waals surface area contributed by atoms with Crippen LogP contribution in [0.15, 0.2) is 48.7 Å². The summed E-state index contributed by atoms with van der Waals surface area (Å²) in [4.78, 5) is 6.24. The van der Waals surface area contributed by atoms with Crippen molar-refractivity contribution in [2.24, 2.45) is 0 Å². The van der Waals surface area contributed by atoms with Crippen LogP contribution in [0.5, 0.6) is 0 Å². The molecule has 0 unspecified atom stereocenters. The quantitative estimate of drug-likeness (QED) is 0.820. The van der Waals surface area contributed by atoms with Gasteiger partial charge in [0.05, 0.1) is 0 Å². The summed E-state index contributed by atoms with van der Waals surface area (Å²) in [6.07, 6.45) is 1.65. The van der Waals surface area contributed by atoms with Gasteiger partial charge in [0.25, 0.3) is 0 Å². The lowest BCUT2D eigenvalue weighted by Gasteiger charge is -2.17. The molecule has 0 bridgehead atoms. The average Bonchev–Trinajstić information content (AvgIpc) is 2.40. The summed E-state index contributed by atoms with van der Waals surface area (Å²) in [5, 5.41) is 8.99. The summed E-state index contributed by atoms with van der Waals surface area (Å²) < 4.78 is 0. The molecule has 0 spiro atoms. The SMILES string of the molecule is CN(Cc1ccccc1)Cc1cccnc1C#N. The first-order chi connectivity index (χ1) is 8.79. The van der Waals surface area contributed by atoms with Gasteiger partial charge in [0, 0.05) is 24.8 Å². The molecule has 3 nitrogen and oxygen atoms in total. The van der Waals surface area contributed by atoms with Crippen LogP contribution in [-0.2, 0) is 13.1 Å². The van der Waals surface area contributed by atoms with Gasteiger partial charge in [-0.2, -0.15) is 5.26 Å². The summed E-state index contributed by atoms with van der Waals surface area (Å²) in [5.41, 5.74) is 2.75. The third-order valence-electron chi connectivity index (χ3n) is 2.73. The van der Waals surface area contributed by atoms with Gasteiger partial charge in [-0.1, -0.05) is 36.4 Å². The molecule has 1 heterocycles. The van der Waals surface area contributed by atoms with Crippen LogP contribution in [0, 0.1) is 11.3 Å². The Morgan fingerprint density at radius 2 is 1.89 bits per heavy atom. The minimum atomic E-state index is 0.511. The van der Waals surface area contributed by atoms with Crippen LogP contribution in [-0.4, -0.2) is 16.9 Å². The van der Waals surface area contributed by atoms with Gasteiger partial charge in [-0.15, -0.1) is 0 Å². The number of hydrogen-bond donors (Lipinski definition) is 0. The Morgan fingerprint density at radius 1 is 1.11 bits per heavy atom. The van der Waals surface area contributed by atoms with E-state index in [2.05, 4.69) is 28.1 Å². The summed E-state index contributed by atoms with van der Waals surface area (Å²) in [5.74, 6) is 0. The predicted molar refractivity (Wildman–Crippen MR) is 70.6 cm³/mol. The van der Waals surface area contributed by atoms with E-state index in [1.54, 1.807) is 6.20 Å². The van der Waals surface area contributed by atoms with E-state index >= 15 is 0 Å². The van der Waals surface area contributed by atoms with E-state index in [-0.39, 0.29) is 0 Å². The van der Waals surface area contributed by atoms with Gasteiger partial charge in [-0.05, 0) is 18.7 Å². The molecular formula is C15H15N3. The van der Waals surface area contributed by atoms with Crippen LogP contribution >= 0.6 is 0 Å². The topological polar surface area (TPSA) is 39.9 Å². The highest BCUT2D eigenvalue weighted by atomic mass is 15.1. The zero-order valence-corrected chi connectivity index (χ0v) is 10.4. The summed E-state index contributed by atoms with van der Waals surface area (Å²) in [6, 6.07) is 16.2. The molecular weight excluding hydrogens is 222 g/mol. The van der Waals surface area contributed by atoms with Gasteiger partial charge in [0.2, 0.25) is 0 Å². The number of aromatic nitrogens is 1. The van der Waals surface area contributed by atoms with Crippen molar-refractivity contribution in [1.82, 2.24) is 9.88 Å². The lowest BCUT2D eigenvalue weighted by molar-refractivity contribution is 0.318. The van der Waals surface area contributed by atoms with Gasteiger partial charge >= 0.3 is 0 Å². The zero-order valence-electron chi connectivity index (χ0n) is 10.4. The Labute approximate surface area is 107 Å². The second-order valence-electron chi connectivity index (χ2n) is 4.28. The summed E-state index contributed by atoms with van der Waals surface area (Å²) in [7, 11) is 2.04. The smallest absolute Gasteiger partial charge is 0.144 e. The summed E-state index contributed by atoms with van der Waals surface area (Å²) >= 11 is 0. The van der Waals surface area contributed by atoms with Crippen molar-refractivity contribution >= 4 is 0 Å². The van der Waals surface area contributed by atoms with E-state index < -0.39 is 0 Å². The molecule has 0 N–H and O–H groups in total. The largest absolute Gasteiger partial charge is 0.298 e. The maximum atomic E-state index is 8.99. The van der Waals surface area contributed by atoms with Crippen molar-refractivity contribution in [2.75, 3.05) is 7.05 Å². The highest BCUT2D eigenvalue weighted by Crippen LogP contribution is 2.10. The van der Waals surface area contributed by atoms with Crippen LogP contribution < -0.4 is 0 Å². The molecule has 1 aromatic carbocycles. The third kappa shape index (κ3) is 3.16. The van der Waals surface area contributed by atoms with Crippen LogP contribution in [0.2, 0.25) is 0 Å².